The first kappa shape index (κ1) is 22.1. The van der Waals surface area contributed by atoms with Crippen molar-refractivity contribution in [1.29, 1.82) is 0 Å². The largest absolute Gasteiger partial charge is 0.497 e. The van der Waals surface area contributed by atoms with E-state index in [-0.39, 0.29) is 5.91 Å². The van der Waals surface area contributed by atoms with Gasteiger partial charge in [0, 0.05) is 48.5 Å². The topological polar surface area (TPSA) is 98.1 Å². The number of H-pyrrole nitrogens is 1. The number of amides is 1. The van der Waals surface area contributed by atoms with Crippen molar-refractivity contribution in [2.24, 2.45) is 0 Å². The number of carbonyl (C=O) groups excluding carboxylic acids is 1. The van der Waals surface area contributed by atoms with Crippen molar-refractivity contribution < 1.29 is 9.53 Å². The van der Waals surface area contributed by atoms with Gasteiger partial charge in [-0.3, -0.25) is 14.6 Å². The lowest BCUT2D eigenvalue weighted by molar-refractivity contribution is 0.0953. The molecule has 33 heavy (non-hydrogen) atoms. The van der Waals surface area contributed by atoms with Gasteiger partial charge in [0.25, 0.3) is 11.5 Å². The molecule has 2 N–H and O–H groups in total. The van der Waals surface area contributed by atoms with E-state index in [9.17, 15) is 14.4 Å². The molecule has 2 heterocycles. The number of benzene rings is 2. The summed E-state index contributed by atoms with van der Waals surface area (Å²) in [5.41, 5.74) is 2.70. The molecule has 4 rings (SSSR count). The fraction of sp³-hybridized carbons (Fsp3) is 0.240. The molecule has 1 amide bonds. The molecule has 0 saturated heterocycles. The molecule has 0 fully saturated rings. The van der Waals surface area contributed by atoms with Gasteiger partial charge < -0.3 is 19.2 Å². The lowest BCUT2D eigenvalue weighted by Gasteiger charge is -2.10. The zero-order valence-corrected chi connectivity index (χ0v) is 18.6. The van der Waals surface area contributed by atoms with Crippen LogP contribution in [0.3, 0.4) is 0 Å². The lowest BCUT2D eigenvalue weighted by atomic mass is 10.1. The first-order chi connectivity index (χ1) is 16.0. The minimum atomic E-state index is -0.458. The zero-order valence-electron chi connectivity index (χ0n) is 18.6. The molecule has 0 bridgehead atoms. The predicted octanol–water partition coefficient (Wildman–Crippen LogP) is 2.68. The van der Waals surface area contributed by atoms with Crippen LogP contribution in [0.4, 0.5) is 0 Å². The van der Waals surface area contributed by atoms with E-state index < -0.39 is 11.2 Å². The van der Waals surface area contributed by atoms with Crippen molar-refractivity contribution in [3.8, 4) is 5.75 Å². The summed E-state index contributed by atoms with van der Waals surface area (Å²) >= 11 is 0. The number of rotatable bonds is 8. The number of hydrogen-bond acceptors (Lipinski definition) is 4. The van der Waals surface area contributed by atoms with Gasteiger partial charge in [0.1, 0.15) is 5.75 Å². The molecule has 0 aliphatic carbocycles. The fourth-order valence-electron chi connectivity index (χ4n) is 4.00. The van der Waals surface area contributed by atoms with Crippen molar-refractivity contribution in [2.45, 2.75) is 26.4 Å². The van der Waals surface area contributed by atoms with Crippen LogP contribution in [-0.4, -0.2) is 33.7 Å². The van der Waals surface area contributed by atoms with Gasteiger partial charge in [-0.2, -0.15) is 0 Å². The predicted molar refractivity (Wildman–Crippen MR) is 127 cm³/mol. The van der Waals surface area contributed by atoms with Crippen LogP contribution in [0.25, 0.3) is 10.9 Å². The van der Waals surface area contributed by atoms with Crippen LogP contribution < -0.4 is 21.3 Å². The van der Waals surface area contributed by atoms with Crippen LogP contribution in [0.1, 0.15) is 28.0 Å². The number of fused-ring (bicyclic) bond motifs is 1. The van der Waals surface area contributed by atoms with E-state index in [4.69, 9.17) is 4.74 Å². The highest BCUT2D eigenvalue weighted by Gasteiger charge is 2.20. The number of aryl methyl sites for hydroxylation is 1. The maximum atomic E-state index is 13.2. The average Bonchev–Trinajstić information content (AvgIpc) is 3.09. The maximum absolute atomic E-state index is 13.2. The molecule has 170 valence electrons. The van der Waals surface area contributed by atoms with Crippen molar-refractivity contribution in [2.75, 3.05) is 13.7 Å². The first-order valence-electron chi connectivity index (χ1n) is 10.8. The van der Waals surface area contributed by atoms with Crippen molar-refractivity contribution >= 4 is 16.8 Å². The lowest BCUT2D eigenvalue weighted by Crippen LogP contribution is -2.30. The van der Waals surface area contributed by atoms with E-state index >= 15 is 0 Å². The van der Waals surface area contributed by atoms with Crippen LogP contribution >= 0.6 is 0 Å². The minimum Gasteiger partial charge on any atom is -0.497 e. The molecule has 0 saturated carbocycles. The Labute approximate surface area is 190 Å². The van der Waals surface area contributed by atoms with Gasteiger partial charge in [-0.05, 0) is 37.1 Å². The molecule has 0 aliphatic rings. The minimum absolute atomic E-state index is 0.175. The Morgan fingerprint density at radius 2 is 1.88 bits per heavy atom. The van der Waals surface area contributed by atoms with E-state index in [1.165, 1.54) is 16.8 Å². The Kier molecular flexibility index (Phi) is 6.44. The van der Waals surface area contributed by atoms with Crippen LogP contribution in [0.15, 0.2) is 70.4 Å². The van der Waals surface area contributed by atoms with Gasteiger partial charge in [-0.1, -0.05) is 30.3 Å². The van der Waals surface area contributed by atoms with Crippen LogP contribution in [0.2, 0.25) is 0 Å². The summed E-state index contributed by atoms with van der Waals surface area (Å²) in [4.78, 5) is 38.4. The van der Waals surface area contributed by atoms with Crippen LogP contribution in [0, 0.1) is 6.92 Å². The van der Waals surface area contributed by atoms with E-state index in [2.05, 4.69) is 27.0 Å². The number of aromatic nitrogens is 3. The normalized spacial score (nSPS) is 11.0. The third-order valence-electron chi connectivity index (χ3n) is 5.70. The van der Waals surface area contributed by atoms with E-state index in [1.807, 2.05) is 43.3 Å². The van der Waals surface area contributed by atoms with Crippen molar-refractivity contribution in [1.82, 2.24) is 19.4 Å². The molecule has 0 spiro atoms. The standard InChI is InChI=1S/C25H26N4O4/c1-17-23(24(31)26-12-6-13-28-14-11-22(30)27-25(28)32)20-15-19(33-2)9-10-21(20)29(17)16-18-7-4-3-5-8-18/h3-5,7-11,14-15H,6,12-13,16H2,1-2H3,(H,26,31)(H,27,30,32). The number of ether oxygens (including phenoxy) is 1. The molecule has 2 aromatic carbocycles. The summed E-state index contributed by atoms with van der Waals surface area (Å²) < 4.78 is 8.94. The second-order valence-corrected chi connectivity index (χ2v) is 7.83. The highest BCUT2D eigenvalue weighted by atomic mass is 16.5. The molecule has 0 unspecified atom stereocenters. The number of methoxy groups -OCH3 is 1. The smallest absolute Gasteiger partial charge is 0.328 e. The quantitative estimate of drug-likeness (QED) is 0.407. The number of carbonyl (C=O) groups is 1. The van der Waals surface area contributed by atoms with Gasteiger partial charge in [-0.15, -0.1) is 0 Å². The maximum Gasteiger partial charge on any atom is 0.328 e. The Morgan fingerprint density at radius 3 is 2.61 bits per heavy atom. The number of nitrogens with one attached hydrogen (secondary N) is 2. The molecular formula is C25H26N4O4. The number of hydrogen-bond donors (Lipinski definition) is 2. The molecule has 4 aromatic rings. The second-order valence-electron chi connectivity index (χ2n) is 7.83. The Balaban J connectivity index is 1.56. The van der Waals surface area contributed by atoms with Crippen molar-refractivity contribution in [3.05, 3.63) is 98.5 Å². The SMILES string of the molecule is COc1ccc2c(c1)c(C(=O)NCCCn1ccc(=O)[nH]c1=O)c(C)n2Cc1ccccc1. The van der Waals surface area contributed by atoms with E-state index in [0.717, 1.165) is 22.2 Å². The monoisotopic (exact) mass is 446 g/mol. The highest BCUT2D eigenvalue weighted by molar-refractivity contribution is 6.08. The summed E-state index contributed by atoms with van der Waals surface area (Å²) in [5, 5.41) is 3.80. The fourth-order valence-corrected chi connectivity index (χ4v) is 4.00. The molecular weight excluding hydrogens is 420 g/mol. The van der Waals surface area contributed by atoms with Gasteiger partial charge in [0.2, 0.25) is 0 Å². The Bertz CT molecular complexity index is 1400. The molecule has 8 nitrogen and oxygen atoms in total. The Morgan fingerprint density at radius 1 is 1.09 bits per heavy atom. The second kappa shape index (κ2) is 9.60. The Hall–Kier alpha value is -4.07. The third kappa shape index (κ3) is 4.74. The molecule has 2 aromatic heterocycles. The third-order valence-corrected chi connectivity index (χ3v) is 5.70. The van der Waals surface area contributed by atoms with Gasteiger partial charge in [0.05, 0.1) is 12.7 Å². The van der Waals surface area contributed by atoms with Gasteiger partial charge >= 0.3 is 5.69 Å². The van der Waals surface area contributed by atoms with E-state index in [0.29, 0.717) is 37.4 Å². The van der Waals surface area contributed by atoms with E-state index in [1.54, 1.807) is 7.11 Å². The summed E-state index contributed by atoms with van der Waals surface area (Å²) in [6.45, 7) is 3.37. The van der Waals surface area contributed by atoms with Gasteiger partial charge in [0.15, 0.2) is 0 Å². The average molecular weight is 447 g/mol. The van der Waals surface area contributed by atoms with Crippen LogP contribution in [0.5, 0.6) is 5.75 Å². The summed E-state index contributed by atoms with van der Waals surface area (Å²) in [6, 6.07) is 17.2. The van der Waals surface area contributed by atoms with Crippen molar-refractivity contribution in [3.63, 3.8) is 0 Å². The molecule has 0 radical (unpaired) electrons. The number of nitrogens with zero attached hydrogens (tertiary/aromatic N) is 2. The highest BCUT2D eigenvalue weighted by Crippen LogP contribution is 2.30. The zero-order chi connectivity index (χ0) is 23.4. The first-order valence-corrected chi connectivity index (χ1v) is 10.8. The molecule has 0 aliphatic heterocycles. The number of aromatic amines is 1. The molecule has 0 atom stereocenters. The summed E-state index contributed by atoms with van der Waals surface area (Å²) in [6.07, 6.45) is 2.00. The summed E-state index contributed by atoms with van der Waals surface area (Å²) in [5.74, 6) is 0.511. The molecule has 8 heteroatoms. The summed E-state index contributed by atoms with van der Waals surface area (Å²) in [7, 11) is 1.60. The van der Waals surface area contributed by atoms with Crippen LogP contribution in [-0.2, 0) is 13.1 Å². The van der Waals surface area contributed by atoms with Gasteiger partial charge in [-0.25, -0.2) is 4.79 Å².